The summed E-state index contributed by atoms with van der Waals surface area (Å²) in [5, 5.41) is 11.9. The van der Waals surface area contributed by atoms with Gasteiger partial charge in [0.25, 0.3) is 0 Å². The predicted molar refractivity (Wildman–Crippen MR) is 79.5 cm³/mol. The molecule has 1 aromatic rings. The lowest BCUT2D eigenvalue weighted by molar-refractivity contribution is 0.0636. The molecule has 2 N–H and O–H groups in total. The second-order valence-corrected chi connectivity index (χ2v) is 6.30. The number of hydrogen-bond acceptors (Lipinski definition) is 3. The van der Waals surface area contributed by atoms with Crippen LogP contribution in [0.25, 0.3) is 0 Å². The fraction of sp³-hybridized carbons (Fsp3) is 0.500. The second kappa shape index (κ2) is 6.39. The zero-order valence-corrected chi connectivity index (χ0v) is 13.2. The van der Waals surface area contributed by atoms with Gasteiger partial charge in [0.15, 0.2) is 0 Å². The quantitative estimate of drug-likeness (QED) is 0.884. The first-order chi connectivity index (χ1) is 8.73. The fourth-order valence-electron chi connectivity index (χ4n) is 1.46. The number of halogens is 1. The molecule has 0 bridgehead atoms. The largest absolute Gasteiger partial charge is 0.444 e. The number of anilines is 1. The molecule has 0 aliphatic heterocycles. The normalized spacial score (nSPS) is 12.9. The lowest BCUT2D eigenvalue weighted by Crippen LogP contribution is -2.27. The van der Waals surface area contributed by atoms with Crippen molar-refractivity contribution in [2.75, 3.05) is 11.9 Å². The van der Waals surface area contributed by atoms with Gasteiger partial charge in [-0.05, 0) is 54.4 Å². The van der Waals surface area contributed by atoms with Gasteiger partial charge in [-0.3, -0.25) is 5.32 Å². The van der Waals surface area contributed by atoms with Crippen molar-refractivity contribution in [3.8, 4) is 0 Å². The van der Waals surface area contributed by atoms with E-state index in [-0.39, 0.29) is 12.5 Å². The molecule has 0 fully saturated rings. The third-order valence-corrected chi connectivity index (χ3v) is 3.16. The third kappa shape index (κ3) is 5.20. The predicted octanol–water partition coefficient (Wildman–Crippen LogP) is 3.89. The van der Waals surface area contributed by atoms with E-state index in [1.807, 2.05) is 45.9 Å². The average Bonchev–Trinajstić information content (AvgIpc) is 2.28. The summed E-state index contributed by atoms with van der Waals surface area (Å²) in [6.45, 7) is 7.41. The zero-order valence-electron chi connectivity index (χ0n) is 11.7. The Balaban J connectivity index is 2.85. The lowest BCUT2D eigenvalue weighted by atomic mass is 10.0. The number of aliphatic hydroxyl groups is 1. The highest BCUT2D eigenvalue weighted by Gasteiger charge is 2.17. The van der Waals surface area contributed by atoms with E-state index >= 15 is 0 Å². The van der Waals surface area contributed by atoms with E-state index in [0.717, 1.165) is 10.0 Å². The van der Waals surface area contributed by atoms with Crippen molar-refractivity contribution < 1.29 is 14.6 Å². The highest BCUT2D eigenvalue weighted by molar-refractivity contribution is 9.10. The van der Waals surface area contributed by atoms with E-state index in [1.54, 1.807) is 0 Å². The van der Waals surface area contributed by atoms with Crippen molar-refractivity contribution >= 4 is 27.7 Å². The summed E-state index contributed by atoms with van der Waals surface area (Å²) in [4.78, 5) is 11.7. The van der Waals surface area contributed by atoms with Gasteiger partial charge in [0.2, 0.25) is 0 Å². The van der Waals surface area contributed by atoms with Crippen molar-refractivity contribution in [3.63, 3.8) is 0 Å². The van der Waals surface area contributed by atoms with Crippen molar-refractivity contribution in [1.29, 1.82) is 0 Å². The minimum Gasteiger partial charge on any atom is -0.444 e. The Morgan fingerprint density at radius 2 is 2.11 bits per heavy atom. The molecule has 0 aliphatic carbocycles. The van der Waals surface area contributed by atoms with E-state index in [2.05, 4.69) is 21.2 Å². The minimum atomic E-state index is -0.535. The molecule has 0 saturated carbocycles. The van der Waals surface area contributed by atoms with Gasteiger partial charge >= 0.3 is 6.09 Å². The smallest absolute Gasteiger partial charge is 0.412 e. The molecule has 106 valence electrons. The van der Waals surface area contributed by atoms with Gasteiger partial charge in [-0.2, -0.15) is 0 Å². The number of rotatable bonds is 3. The van der Waals surface area contributed by atoms with Crippen LogP contribution in [0.4, 0.5) is 10.5 Å². The molecule has 1 atom stereocenters. The maximum absolute atomic E-state index is 11.7. The van der Waals surface area contributed by atoms with E-state index < -0.39 is 11.7 Å². The molecular weight excluding hydrogens is 310 g/mol. The van der Waals surface area contributed by atoms with Crippen LogP contribution in [0.5, 0.6) is 0 Å². The number of carbonyl (C=O) groups is 1. The van der Waals surface area contributed by atoms with Crippen LogP contribution in [-0.4, -0.2) is 23.4 Å². The Morgan fingerprint density at radius 3 is 2.63 bits per heavy atom. The van der Waals surface area contributed by atoms with Crippen molar-refractivity contribution in [2.24, 2.45) is 0 Å². The molecule has 0 heterocycles. The fourth-order valence-corrected chi connectivity index (χ4v) is 1.81. The summed E-state index contributed by atoms with van der Waals surface area (Å²) in [7, 11) is 0. The maximum atomic E-state index is 11.7. The summed E-state index contributed by atoms with van der Waals surface area (Å²) in [6.07, 6.45) is -0.498. The molecule has 1 amide bonds. The first-order valence-corrected chi connectivity index (χ1v) is 6.92. The second-order valence-electron chi connectivity index (χ2n) is 5.45. The molecule has 0 radical (unpaired) electrons. The van der Waals surface area contributed by atoms with E-state index in [0.29, 0.717) is 5.69 Å². The topological polar surface area (TPSA) is 58.6 Å². The Kier molecular flexibility index (Phi) is 5.38. The first-order valence-electron chi connectivity index (χ1n) is 6.13. The molecular formula is C14H20BrNO3. The monoisotopic (exact) mass is 329 g/mol. The highest BCUT2D eigenvalue weighted by atomic mass is 79.9. The Morgan fingerprint density at radius 1 is 1.47 bits per heavy atom. The molecule has 4 nitrogen and oxygen atoms in total. The van der Waals surface area contributed by atoms with Crippen LogP contribution in [0.3, 0.4) is 0 Å². The van der Waals surface area contributed by atoms with Crippen LogP contribution < -0.4 is 5.32 Å². The number of ether oxygens (including phenoxy) is 1. The number of hydrogen-bond donors (Lipinski definition) is 2. The molecule has 1 aromatic carbocycles. The maximum Gasteiger partial charge on any atom is 0.412 e. The molecule has 1 rings (SSSR count). The van der Waals surface area contributed by atoms with Crippen molar-refractivity contribution in [2.45, 2.75) is 39.2 Å². The van der Waals surface area contributed by atoms with Crippen LogP contribution in [0.15, 0.2) is 22.7 Å². The van der Waals surface area contributed by atoms with Gasteiger partial charge in [-0.25, -0.2) is 4.79 Å². The highest BCUT2D eigenvalue weighted by Crippen LogP contribution is 2.27. The van der Waals surface area contributed by atoms with E-state index in [1.165, 1.54) is 0 Å². The van der Waals surface area contributed by atoms with Crippen molar-refractivity contribution in [1.82, 2.24) is 0 Å². The Hall–Kier alpha value is -1.07. The SMILES string of the molecule is CC(CO)c1ccc(Br)c(NC(=O)OC(C)(C)C)c1. The summed E-state index contributed by atoms with van der Waals surface area (Å²) in [5.74, 6) is 0.0206. The zero-order chi connectivity index (χ0) is 14.6. The third-order valence-electron chi connectivity index (χ3n) is 2.47. The van der Waals surface area contributed by atoms with Crippen LogP contribution in [-0.2, 0) is 4.74 Å². The number of carbonyl (C=O) groups excluding carboxylic acids is 1. The van der Waals surface area contributed by atoms with Crippen LogP contribution >= 0.6 is 15.9 Å². The van der Waals surface area contributed by atoms with E-state index in [4.69, 9.17) is 9.84 Å². The summed E-state index contributed by atoms with van der Waals surface area (Å²) in [6, 6.07) is 5.58. The standard InChI is InChI=1S/C14H20BrNO3/c1-9(8-17)10-5-6-11(15)12(7-10)16-13(18)19-14(2,3)4/h5-7,9,17H,8H2,1-4H3,(H,16,18). The van der Waals surface area contributed by atoms with Gasteiger partial charge in [0.1, 0.15) is 5.60 Å². The van der Waals surface area contributed by atoms with Gasteiger partial charge < -0.3 is 9.84 Å². The van der Waals surface area contributed by atoms with Gasteiger partial charge in [0, 0.05) is 17.0 Å². The van der Waals surface area contributed by atoms with E-state index in [9.17, 15) is 4.79 Å². The summed E-state index contributed by atoms with van der Waals surface area (Å²) >= 11 is 3.38. The molecule has 1 unspecified atom stereocenters. The Labute approximate surface area is 122 Å². The summed E-state index contributed by atoms with van der Waals surface area (Å²) < 4.78 is 5.97. The minimum absolute atomic E-state index is 0.0206. The van der Waals surface area contributed by atoms with Gasteiger partial charge in [-0.15, -0.1) is 0 Å². The molecule has 0 aliphatic rings. The van der Waals surface area contributed by atoms with Gasteiger partial charge in [0.05, 0.1) is 5.69 Å². The summed E-state index contributed by atoms with van der Waals surface area (Å²) in [5.41, 5.74) is 1.05. The average molecular weight is 330 g/mol. The molecule has 0 aromatic heterocycles. The lowest BCUT2D eigenvalue weighted by Gasteiger charge is -2.20. The number of amides is 1. The van der Waals surface area contributed by atoms with Crippen LogP contribution in [0.2, 0.25) is 0 Å². The van der Waals surface area contributed by atoms with Crippen molar-refractivity contribution in [3.05, 3.63) is 28.2 Å². The number of aliphatic hydroxyl groups excluding tert-OH is 1. The first kappa shape index (κ1) is 16.0. The van der Waals surface area contributed by atoms with Gasteiger partial charge in [-0.1, -0.05) is 13.0 Å². The Bertz CT molecular complexity index is 454. The van der Waals surface area contributed by atoms with Crippen LogP contribution in [0, 0.1) is 0 Å². The molecule has 0 spiro atoms. The number of nitrogens with one attached hydrogen (secondary N) is 1. The number of benzene rings is 1. The molecule has 5 heteroatoms. The van der Waals surface area contributed by atoms with Crippen LogP contribution in [0.1, 0.15) is 39.2 Å². The molecule has 0 saturated heterocycles. The molecule has 19 heavy (non-hydrogen) atoms.